The summed E-state index contributed by atoms with van der Waals surface area (Å²) < 4.78 is 10.3. The number of methoxy groups -OCH3 is 2. The van der Waals surface area contributed by atoms with Crippen molar-refractivity contribution in [1.29, 1.82) is 0 Å². The fourth-order valence-corrected chi connectivity index (χ4v) is 1.88. The number of carbonyl (C=O) groups is 1. The predicted octanol–water partition coefficient (Wildman–Crippen LogP) is 2.88. The van der Waals surface area contributed by atoms with E-state index in [0.717, 1.165) is 5.56 Å². The first kappa shape index (κ1) is 16.2. The molecule has 5 heteroatoms. The third-order valence-electron chi connectivity index (χ3n) is 2.99. The molecule has 5 nitrogen and oxygen atoms in total. The highest BCUT2D eigenvalue weighted by atomic mass is 16.5. The quantitative estimate of drug-likeness (QED) is 0.854. The Morgan fingerprint density at radius 3 is 2.48 bits per heavy atom. The third kappa shape index (κ3) is 4.97. The third-order valence-corrected chi connectivity index (χ3v) is 2.99. The summed E-state index contributed by atoms with van der Waals surface area (Å²) in [5, 5.41) is 5.38. The van der Waals surface area contributed by atoms with Gasteiger partial charge in [0.1, 0.15) is 0 Å². The van der Waals surface area contributed by atoms with Crippen molar-refractivity contribution >= 4 is 11.7 Å². The molecular weight excluding hydrogens is 292 g/mol. The largest absolute Gasteiger partial charge is 0.493 e. The topological polar surface area (TPSA) is 59.6 Å². The van der Waals surface area contributed by atoms with Crippen LogP contribution in [0.15, 0.2) is 48.5 Å². The average molecular weight is 310 g/mol. The van der Waals surface area contributed by atoms with E-state index < -0.39 is 0 Å². The molecule has 23 heavy (non-hydrogen) atoms. The van der Waals surface area contributed by atoms with Crippen LogP contribution in [-0.4, -0.2) is 26.8 Å². The molecule has 2 aromatic carbocycles. The Bertz CT molecular complexity index is 718. The van der Waals surface area contributed by atoms with E-state index >= 15 is 0 Å². The van der Waals surface area contributed by atoms with E-state index in [4.69, 9.17) is 9.47 Å². The lowest BCUT2D eigenvalue weighted by atomic mass is 10.2. The first-order valence-electron chi connectivity index (χ1n) is 7.03. The molecule has 118 valence electrons. The zero-order valence-corrected chi connectivity index (χ0v) is 13.1. The number of anilines is 1. The molecule has 2 N–H and O–H groups in total. The van der Waals surface area contributed by atoms with Gasteiger partial charge >= 0.3 is 6.03 Å². The number of urea groups is 1. The van der Waals surface area contributed by atoms with Crippen LogP contribution < -0.4 is 20.1 Å². The van der Waals surface area contributed by atoms with Crippen LogP contribution in [0.4, 0.5) is 10.5 Å². The van der Waals surface area contributed by atoms with Gasteiger partial charge in [0.25, 0.3) is 0 Å². The van der Waals surface area contributed by atoms with E-state index in [2.05, 4.69) is 22.5 Å². The lowest BCUT2D eigenvalue weighted by molar-refractivity contribution is 0.253. The number of amides is 2. The summed E-state index contributed by atoms with van der Waals surface area (Å²) in [5.41, 5.74) is 1.52. The summed E-state index contributed by atoms with van der Waals surface area (Å²) >= 11 is 0. The zero-order valence-electron chi connectivity index (χ0n) is 13.1. The fourth-order valence-electron chi connectivity index (χ4n) is 1.88. The molecule has 0 aliphatic heterocycles. The molecule has 0 aromatic heterocycles. The lowest BCUT2D eigenvalue weighted by Crippen LogP contribution is -2.28. The Balaban J connectivity index is 1.87. The highest BCUT2D eigenvalue weighted by Crippen LogP contribution is 2.29. The van der Waals surface area contributed by atoms with Crippen LogP contribution in [0.5, 0.6) is 11.5 Å². The Hall–Kier alpha value is -3.13. The highest BCUT2D eigenvalue weighted by Gasteiger charge is 2.06. The molecule has 0 aliphatic carbocycles. The zero-order chi connectivity index (χ0) is 16.5. The van der Waals surface area contributed by atoms with E-state index in [1.165, 1.54) is 0 Å². The Labute approximate surface area is 135 Å². The normalized spacial score (nSPS) is 9.30. The van der Waals surface area contributed by atoms with Crippen LogP contribution in [0.3, 0.4) is 0 Å². The maximum atomic E-state index is 11.8. The van der Waals surface area contributed by atoms with Crippen LogP contribution >= 0.6 is 0 Å². The molecule has 0 aliphatic rings. The van der Waals surface area contributed by atoms with Gasteiger partial charge in [-0.15, -0.1) is 0 Å². The van der Waals surface area contributed by atoms with Gasteiger partial charge in [-0.1, -0.05) is 30.0 Å². The second-order valence-electron chi connectivity index (χ2n) is 4.55. The minimum absolute atomic E-state index is 0.258. The first-order chi connectivity index (χ1) is 11.2. The van der Waals surface area contributed by atoms with Crippen LogP contribution in [0.2, 0.25) is 0 Å². The number of benzene rings is 2. The Morgan fingerprint density at radius 2 is 1.78 bits per heavy atom. The Morgan fingerprint density at radius 1 is 1.04 bits per heavy atom. The minimum atomic E-state index is -0.334. The maximum absolute atomic E-state index is 11.8. The standard InChI is InChI=1S/C18H18N2O3/c1-22-16-11-10-15(13-17(16)23-2)20-18(21)19-12-6-9-14-7-4-3-5-8-14/h3-5,7-8,10-11,13H,12H2,1-2H3,(H2,19,20,21). The van der Waals surface area contributed by atoms with Crippen molar-refractivity contribution in [3.8, 4) is 23.3 Å². The Kier molecular flexibility index (Phi) is 5.89. The van der Waals surface area contributed by atoms with E-state index in [0.29, 0.717) is 17.2 Å². The number of rotatable bonds is 4. The highest BCUT2D eigenvalue weighted by molar-refractivity contribution is 5.89. The number of ether oxygens (including phenoxy) is 2. The molecule has 0 heterocycles. The number of hydrogen-bond acceptors (Lipinski definition) is 3. The molecule has 0 saturated carbocycles. The minimum Gasteiger partial charge on any atom is -0.493 e. The van der Waals surface area contributed by atoms with E-state index in [-0.39, 0.29) is 12.6 Å². The summed E-state index contributed by atoms with van der Waals surface area (Å²) in [6.45, 7) is 0.258. The van der Waals surface area contributed by atoms with Gasteiger partial charge in [-0.3, -0.25) is 0 Å². The van der Waals surface area contributed by atoms with Gasteiger partial charge in [0.2, 0.25) is 0 Å². The van der Waals surface area contributed by atoms with Crippen molar-refractivity contribution in [3.05, 3.63) is 54.1 Å². The molecule has 0 radical (unpaired) electrons. The summed E-state index contributed by atoms with van der Waals surface area (Å²) in [6, 6.07) is 14.4. The van der Waals surface area contributed by atoms with Gasteiger partial charge in [-0.05, 0) is 24.3 Å². The van der Waals surface area contributed by atoms with Crippen LogP contribution in [0.25, 0.3) is 0 Å². The fraction of sp³-hybridized carbons (Fsp3) is 0.167. The summed E-state index contributed by atoms with van der Waals surface area (Å²) in [4.78, 5) is 11.8. The molecule has 2 amide bonds. The molecule has 0 atom stereocenters. The first-order valence-corrected chi connectivity index (χ1v) is 7.03. The SMILES string of the molecule is COc1ccc(NC(=O)NCC#Cc2ccccc2)cc1OC. The van der Waals surface area contributed by atoms with Crippen molar-refractivity contribution in [2.45, 2.75) is 0 Å². The predicted molar refractivity (Wildman–Crippen MR) is 89.9 cm³/mol. The van der Waals surface area contributed by atoms with Crippen molar-refractivity contribution in [2.75, 3.05) is 26.1 Å². The average Bonchev–Trinajstić information content (AvgIpc) is 2.59. The molecule has 0 fully saturated rings. The molecule has 2 aromatic rings. The van der Waals surface area contributed by atoms with Gasteiger partial charge in [0.15, 0.2) is 11.5 Å². The summed E-state index contributed by atoms with van der Waals surface area (Å²) in [6.07, 6.45) is 0. The van der Waals surface area contributed by atoms with Crippen molar-refractivity contribution in [3.63, 3.8) is 0 Å². The smallest absolute Gasteiger partial charge is 0.319 e. The molecule has 0 bridgehead atoms. The number of hydrogen-bond donors (Lipinski definition) is 2. The van der Waals surface area contributed by atoms with Crippen molar-refractivity contribution in [2.24, 2.45) is 0 Å². The maximum Gasteiger partial charge on any atom is 0.319 e. The second kappa shape index (κ2) is 8.35. The molecular formula is C18H18N2O3. The van der Waals surface area contributed by atoms with Gasteiger partial charge < -0.3 is 20.1 Å². The van der Waals surface area contributed by atoms with E-state index in [9.17, 15) is 4.79 Å². The van der Waals surface area contributed by atoms with E-state index in [1.807, 2.05) is 30.3 Å². The molecule has 0 saturated heterocycles. The number of carbonyl (C=O) groups excluding carboxylic acids is 1. The second-order valence-corrected chi connectivity index (χ2v) is 4.55. The molecule has 0 unspecified atom stereocenters. The van der Waals surface area contributed by atoms with Crippen molar-refractivity contribution < 1.29 is 14.3 Å². The number of nitrogens with one attached hydrogen (secondary N) is 2. The van der Waals surface area contributed by atoms with Crippen LogP contribution in [-0.2, 0) is 0 Å². The molecule has 2 rings (SSSR count). The monoisotopic (exact) mass is 310 g/mol. The van der Waals surface area contributed by atoms with Gasteiger partial charge in [0, 0.05) is 17.3 Å². The van der Waals surface area contributed by atoms with Gasteiger partial charge in [0.05, 0.1) is 20.8 Å². The van der Waals surface area contributed by atoms with E-state index in [1.54, 1.807) is 32.4 Å². The van der Waals surface area contributed by atoms with Gasteiger partial charge in [-0.2, -0.15) is 0 Å². The lowest BCUT2D eigenvalue weighted by Gasteiger charge is -2.10. The van der Waals surface area contributed by atoms with Crippen LogP contribution in [0, 0.1) is 11.8 Å². The summed E-state index contributed by atoms with van der Waals surface area (Å²) in [5.74, 6) is 7.01. The van der Waals surface area contributed by atoms with Crippen LogP contribution in [0.1, 0.15) is 5.56 Å². The van der Waals surface area contributed by atoms with Gasteiger partial charge in [-0.25, -0.2) is 4.79 Å². The summed E-state index contributed by atoms with van der Waals surface area (Å²) in [7, 11) is 3.10. The molecule has 0 spiro atoms. The van der Waals surface area contributed by atoms with Crippen molar-refractivity contribution in [1.82, 2.24) is 5.32 Å².